The lowest BCUT2D eigenvalue weighted by Gasteiger charge is -2.50. The predicted octanol–water partition coefficient (Wildman–Crippen LogP) is 14.0. The van der Waals surface area contributed by atoms with Gasteiger partial charge in [0.05, 0.1) is 11.1 Å². The van der Waals surface area contributed by atoms with Gasteiger partial charge in [0, 0.05) is 51.2 Å². The van der Waals surface area contributed by atoms with Crippen LogP contribution in [-0.4, -0.2) is 22.8 Å². The van der Waals surface area contributed by atoms with Crippen LogP contribution in [0.5, 0.6) is 0 Å². The molecule has 1 aromatic heterocycles. The maximum Gasteiger partial charge on any atom is 0.0517 e. The zero-order valence-electron chi connectivity index (χ0n) is 35.7. The molecule has 0 spiro atoms. The number of benzene rings is 4. The Kier molecular flexibility index (Phi) is 8.40. The second-order valence-corrected chi connectivity index (χ2v) is 19.0. The van der Waals surface area contributed by atoms with Crippen molar-refractivity contribution >= 4 is 23.8 Å². The Balaban J connectivity index is 1.03. The zero-order chi connectivity index (χ0) is 40.2. The second kappa shape index (κ2) is 13.1. The molecule has 2 fully saturated rings. The molecule has 5 aromatic rings. The highest BCUT2D eigenvalue weighted by atomic mass is 15.3. The summed E-state index contributed by atoms with van der Waals surface area (Å²) in [4.78, 5) is 14.1. The van der Waals surface area contributed by atoms with Crippen molar-refractivity contribution in [3.05, 3.63) is 143 Å². The third kappa shape index (κ3) is 5.12. The molecule has 4 unspecified atom stereocenters. The largest absolute Gasteiger partial charge is 0.335 e. The number of hydrogen-bond donors (Lipinski definition) is 0. The van der Waals surface area contributed by atoms with Gasteiger partial charge in [-0.1, -0.05) is 82.0 Å². The standard InChI is InChI=1S/C54H58N4/c1-9-43(28-35(2)55-8)57-49-20-18-39(33-47(49)51(4)23-10-12-25-53(51,57)6)37-14-16-41-30-42-17-15-38(32-46(42)45(41)31-37)40-19-21-50-48(34-40)52(5)24-11-13-26-54(52,7)58(50)44-22-27-56-36(3)29-44/h9,14-22,27-29,31-34H,8,10-13,23-26,30H2,1-7H3/b35-28-,43-9+. The van der Waals surface area contributed by atoms with E-state index in [0.29, 0.717) is 0 Å². The van der Waals surface area contributed by atoms with Crippen molar-refractivity contribution < 1.29 is 0 Å². The molecule has 2 aliphatic heterocycles. The van der Waals surface area contributed by atoms with Gasteiger partial charge in [0.15, 0.2) is 0 Å². The minimum absolute atomic E-state index is 0.0137. The second-order valence-electron chi connectivity index (χ2n) is 19.0. The molecule has 4 nitrogen and oxygen atoms in total. The van der Waals surface area contributed by atoms with Gasteiger partial charge in [0.2, 0.25) is 0 Å². The Bertz CT molecular complexity index is 2590. The van der Waals surface area contributed by atoms with Crippen LogP contribution in [0, 0.1) is 6.92 Å². The van der Waals surface area contributed by atoms with Gasteiger partial charge in [0.1, 0.15) is 0 Å². The van der Waals surface area contributed by atoms with Gasteiger partial charge < -0.3 is 9.80 Å². The van der Waals surface area contributed by atoms with Crippen molar-refractivity contribution in [1.82, 2.24) is 4.98 Å². The SMILES string of the molecule is C=N/C(C)=C\C(=C/C)N1c2ccc(-c3ccc4c(c3)-c3cc(-c5ccc6c(c5)C5(C)CCCCC5(C)N6c5ccnc(C)c5)ccc3C4)cc2C2(C)CCCCC12C. The van der Waals surface area contributed by atoms with Crippen LogP contribution in [0.3, 0.4) is 0 Å². The molecular weight excluding hydrogens is 705 g/mol. The number of aliphatic imine (C=N–C) groups is 1. The van der Waals surface area contributed by atoms with Crippen molar-refractivity contribution in [1.29, 1.82) is 0 Å². The molecule has 0 amide bonds. The lowest BCUT2D eigenvalue weighted by Crippen LogP contribution is -2.55. The van der Waals surface area contributed by atoms with Gasteiger partial charge in [-0.05, 0) is 184 Å². The fraction of sp³-hybridized carbons (Fsp3) is 0.370. The maximum atomic E-state index is 4.55. The molecule has 294 valence electrons. The van der Waals surface area contributed by atoms with E-state index >= 15 is 0 Å². The van der Waals surface area contributed by atoms with Crippen LogP contribution in [0.1, 0.15) is 121 Å². The van der Waals surface area contributed by atoms with E-state index in [1.54, 1.807) is 0 Å². The molecule has 2 saturated carbocycles. The number of hydrogen-bond acceptors (Lipinski definition) is 4. The van der Waals surface area contributed by atoms with E-state index in [-0.39, 0.29) is 21.9 Å². The van der Waals surface area contributed by atoms with Crippen molar-refractivity contribution in [3.8, 4) is 33.4 Å². The maximum absolute atomic E-state index is 4.55. The summed E-state index contributed by atoms with van der Waals surface area (Å²) in [5, 5.41) is 0. The van der Waals surface area contributed by atoms with Crippen LogP contribution in [0.2, 0.25) is 0 Å². The Hall–Kier alpha value is -5.22. The van der Waals surface area contributed by atoms with Crippen LogP contribution < -0.4 is 9.80 Å². The number of aromatic nitrogens is 1. The predicted molar refractivity (Wildman–Crippen MR) is 245 cm³/mol. The molecule has 0 N–H and O–H groups in total. The van der Waals surface area contributed by atoms with Crippen molar-refractivity contribution in [2.75, 3.05) is 9.80 Å². The van der Waals surface area contributed by atoms with E-state index in [4.69, 9.17) is 0 Å². The van der Waals surface area contributed by atoms with Gasteiger partial charge in [-0.2, -0.15) is 0 Å². The first-order valence-electron chi connectivity index (χ1n) is 21.8. The number of anilines is 3. The van der Waals surface area contributed by atoms with E-state index in [1.807, 2.05) is 13.1 Å². The Morgan fingerprint density at radius 3 is 1.81 bits per heavy atom. The highest BCUT2D eigenvalue weighted by molar-refractivity contribution is 5.87. The van der Waals surface area contributed by atoms with Gasteiger partial charge in [0.25, 0.3) is 0 Å². The number of rotatable bonds is 6. The summed E-state index contributed by atoms with van der Waals surface area (Å²) in [7, 11) is 0. The van der Waals surface area contributed by atoms with E-state index in [9.17, 15) is 0 Å². The van der Waals surface area contributed by atoms with E-state index in [2.05, 4.69) is 165 Å². The minimum Gasteiger partial charge on any atom is -0.335 e. The van der Waals surface area contributed by atoms with E-state index in [0.717, 1.165) is 17.8 Å². The van der Waals surface area contributed by atoms with Gasteiger partial charge >= 0.3 is 0 Å². The zero-order valence-corrected chi connectivity index (χ0v) is 35.7. The monoisotopic (exact) mass is 762 g/mol. The van der Waals surface area contributed by atoms with Crippen molar-refractivity contribution in [3.63, 3.8) is 0 Å². The average molecular weight is 763 g/mol. The third-order valence-corrected chi connectivity index (χ3v) is 16.1. The van der Waals surface area contributed by atoms with Gasteiger partial charge in [-0.15, -0.1) is 0 Å². The molecule has 3 heterocycles. The van der Waals surface area contributed by atoms with E-state index < -0.39 is 0 Å². The molecule has 4 aromatic carbocycles. The normalized spacial score (nSPS) is 27.1. The summed E-state index contributed by atoms with van der Waals surface area (Å²) in [5.41, 5.74) is 21.1. The molecule has 0 radical (unpaired) electrons. The van der Waals surface area contributed by atoms with Crippen LogP contribution >= 0.6 is 0 Å². The molecule has 4 heteroatoms. The molecule has 10 rings (SSSR count). The number of allylic oxidation sites excluding steroid dienone is 3. The smallest absolute Gasteiger partial charge is 0.0517 e. The summed E-state index contributed by atoms with van der Waals surface area (Å²) in [6, 6.07) is 33.5. The number of fused-ring (bicyclic) bond motifs is 9. The summed E-state index contributed by atoms with van der Waals surface area (Å²) in [5.74, 6) is 0. The van der Waals surface area contributed by atoms with Crippen LogP contribution in [0.25, 0.3) is 33.4 Å². The van der Waals surface area contributed by atoms with Crippen molar-refractivity contribution in [2.24, 2.45) is 4.99 Å². The third-order valence-electron chi connectivity index (χ3n) is 16.1. The molecule has 0 saturated heterocycles. The van der Waals surface area contributed by atoms with Crippen molar-refractivity contribution in [2.45, 2.75) is 128 Å². The Labute approximate surface area is 346 Å². The van der Waals surface area contributed by atoms with Gasteiger partial charge in [-0.3, -0.25) is 9.98 Å². The summed E-state index contributed by atoms with van der Waals surface area (Å²) >= 11 is 0. The topological polar surface area (TPSA) is 31.7 Å². The molecule has 58 heavy (non-hydrogen) atoms. The highest BCUT2D eigenvalue weighted by Crippen LogP contribution is 2.62. The average Bonchev–Trinajstić information content (AvgIpc) is 3.77. The number of aryl methyl sites for hydroxylation is 1. The van der Waals surface area contributed by atoms with Crippen LogP contribution in [-0.2, 0) is 17.3 Å². The lowest BCUT2D eigenvalue weighted by molar-refractivity contribution is 0.192. The minimum atomic E-state index is -0.0137. The summed E-state index contributed by atoms with van der Waals surface area (Å²) < 4.78 is 0. The molecular formula is C54H58N4. The van der Waals surface area contributed by atoms with E-state index in [1.165, 1.54) is 130 Å². The molecule has 4 atom stereocenters. The molecule has 3 aliphatic carbocycles. The Morgan fingerprint density at radius 2 is 1.21 bits per heavy atom. The first-order chi connectivity index (χ1) is 27.9. The molecule has 5 aliphatic rings. The Morgan fingerprint density at radius 1 is 0.672 bits per heavy atom. The first kappa shape index (κ1) is 37.1. The highest BCUT2D eigenvalue weighted by Gasteiger charge is 2.59. The fourth-order valence-electron chi connectivity index (χ4n) is 12.4. The lowest BCUT2D eigenvalue weighted by atomic mass is 9.61. The molecule has 0 bridgehead atoms. The first-order valence-corrected chi connectivity index (χ1v) is 21.8. The summed E-state index contributed by atoms with van der Waals surface area (Å²) in [6.07, 6.45) is 17.2. The van der Waals surface area contributed by atoms with Crippen LogP contribution in [0.15, 0.2) is 120 Å². The number of nitrogens with zero attached hydrogens (tertiary/aromatic N) is 4. The number of pyridine rings is 1. The van der Waals surface area contributed by atoms with Gasteiger partial charge in [-0.25, -0.2) is 0 Å². The quantitative estimate of drug-likeness (QED) is 0.125. The van der Waals surface area contributed by atoms with Crippen LogP contribution in [0.4, 0.5) is 17.1 Å². The fourth-order valence-corrected chi connectivity index (χ4v) is 12.4. The summed E-state index contributed by atoms with van der Waals surface area (Å²) in [6.45, 7) is 20.2.